The predicted octanol–water partition coefficient (Wildman–Crippen LogP) is 3.10. The van der Waals surface area contributed by atoms with Crippen LogP contribution in [0.25, 0.3) is 0 Å². The minimum atomic E-state index is 0.417. The van der Waals surface area contributed by atoms with E-state index in [9.17, 15) is 0 Å². The number of aromatic nitrogens is 2. The lowest BCUT2D eigenvalue weighted by molar-refractivity contribution is 0.509. The van der Waals surface area contributed by atoms with E-state index in [1.165, 1.54) is 29.0 Å². The number of nitrogens with one attached hydrogen (secondary N) is 1. The summed E-state index contributed by atoms with van der Waals surface area (Å²) in [4.78, 5) is 0. The van der Waals surface area contributed by atoms with Crippen LogP contribution in [0.1, 0.15) is 29.3 Å². The van der Waals surface area contributed by atoms with Crippen molar-refractivity contribution in [1.82, 2.24) is 15.1 Å². The monoisotopic (exact) mass is 287 g/mol. The van der Waals surface area contributed by atoms with Gasteiger partial charge < -0.3 is 5.32 Å². The summed E-state index contributed by atoms with van der Waals surface area (Å²) in [7, 11) is 4.09. The zero-order valence-electron chi connectivity index (χ0n) is 12.3. The molecule has 1 heterocycles. The van der Waals surface area contributed by atoms with Gasteiger partial charge in [-0.1, -0.05) is 24.3 Å². The second kappa shape index (κ2) is 5.62. The van der Waals surface area contributed by atoms with Crippen molar-refractivity contribution < 1.29 is 0 Å². The topological polar surface area (TPSA) is 29.9 Å². The molecule has 2 atom stereocenters. The second-order valence-corrected chi connectivity index (χ2v) is 6.67. The van der Waals surface area contributed by atoms with E-state index in [0.717, 1.165) is 5.69 Å². The van der Waals surface area contributed by atoms with Crippen LogP contribution >= 0.6 is 11.8 Å². The Balaban J connectivity index is 1.86. The van der Waals surface area contributed by atoms with E-state index in [2.05, 4.69) is 54.7 Å². The minimum absolute atomic E-state index is 0.417. The first-order valence-corrected chi connectivity index (χ1v) is 7.99. The fourth-order valence-electron chi connectivity index (χ4n) is 3.05. The lowest BCUT2D eigenvalue weighted by atomic mass is 9.87. The smallest absolute Gasteiger partial charge is 0.0942 e. The SMILES string of the molecule is CNC1c2ccccc2CCC1Sc1cc(C)nn1C. The summed E-state index contributed by atoms with van der Waals surface area (Å²) >= 11 is 1.95. The Morgan fingerprint density at radius 1 is 1.35 bits per heavy atom. The van der Waals surface area contributed by atoms with Crippen LogP contribution in [-0.2, 0) is 13.5 Å². The van der Waals surface area contributed by atoms with Gasteiger partial charge in [0.15, 0.2) is 0 Å². The highest BCUT2D eigenvalue weighted by atomic mass is 32.2. The Kier molecular flexibility index (Phi) is 3.85. The molecule has 3 rings (SSSR count). The maximum Gasteiger partial charge on any atom is 0.0942 e. The third kappa shape index (κ3) is 2.50. The number of nitrogens with zero attached hydrogens (tertiary/aromatic N) is 2. The average Bonchev–Trinajstić information content (AvgIpc) is 2.76. The fourth-order valence-corrected chi connectivity index (χ4v) is 4.45. The summed E-state index contributed by atoms with van der Waals surface area (Å²) < 4.78 is 1.99. The maximum absolute atomic E-state index is 4.45. The molecule has 20 heavy (non-hydrogen) atoms. The molecular weight excluding hydrogens is 266 g/mol. The molecule has 2 aromatic rings. The van der Waals surface area contributed by atoms with Gasteiger partial charge in [-0.05, 0) is 44.0 Å². The molecule has 0 saturated carbocycles. The summed E-state index contributed by atoms with van der Waals surface area (Å²) in [5, 5.41) is 9.77. The Labute approximate surface area is 124 Å². The number of hydrogen-bond acceptors (Lipinski definition) is 3. The molecule has 0 spiro atoms. The highest BCUT2D eigenvalue weighted by Crippen LogP contribution is 2.39. The van der Waals surface area contributed by atoms with Crippen molar-refractivity contribution in [1.29, 1.82) is 0 Å². The lowest BCUT2D eigenvalue weighted by Gasteiger charge is -2.33. The number of thioether (sulfide) groups is 1. The van der Waals surface area contributed by atoms with E-state index in [-0.39, 0.29) is 0 Å². The second-order valence-electron chi connectivity index (χ2n) is 5.41. The van der Waals surface area contributed by atoms with Gasteiger partial charge in [0, 0.05) is 18.3 Å². The Morgan fingerprint density at radius 2 is 2.15 bits per heavy atom. The maximum atomic E-state index is 4.45. The fraction of sp³-hybridized carbons (Fsp3) is 0.438. The van der Waals surface area contributed by atoms with Crippen LogP contribution in [0.4, 0.5) is 0 Å². The molecule has 0 saturated heterocycles. The van der Waals surface area contributed by atoms with Crippen molar-refractivity contribution in [2.75, 3.05) is 7.05 Å². The predicted molar refractivity (Wildman–Crippen MR) is 84.2 cm³/mol. The van der Waals surface area contributed by atoms with Gasteiger partial charge in [0.2, 0.25) is 0 Å². The van der Waals surface area contributed by atoms with Gasteiger partial charge in [-0.25, -0.2) is 0 Å². The first kappa shape index (κ1) is 13.7. The number of fused-ring (bicyclic) bond motifs is 1. The summed E-state index contributed by atoms with van der Waals surface area (Å²) in [6.45, 7) is 2.05. The van der Waals surface area contributed by atoms with Crippen molar-refractivity contribution >= 4 is 11.8 Å². The molecule has 1 aliphatic carbocycles. The number of rotatable bonds is 3. The molecule has 0 radical (unpaired) electrons. The van der Waals surface area contributed by atoms with Gasteiger partial charge in [-0.3, -0.25) is 4.68 Å². The molecule has 1 aliphatic rings. The first-order valence-electron chi connectivity index (χ1n) is 7.11. The minimum Gasteiger partial charge on any atom is -0.312 e. The molecule has 0 amide bonds. The largest absolute Gasteiger partial charge is 0.312 e. The average molecular weight is 287 g/mol. The molecule has 2 unspecified atom stereocenters. The number of hydrogen-bond donors (Lipinski definition) is 1. The van der Waals surface area contributed by atoms with Crippen LogP contribution in [0.2, 0.25) is 0 Å². The van der Waals surface area contributed by atoms with E-state index < -0.39 is 0 Å². The molecule has 0 aliphatic heterocycles. The molecule has 106 valence electrons. The third-order valence-electron chi connectivity index (χ3n) is 4.00. The highest BCUT2D eigenvalue weighted by molar-refractivity contribution is 7.99. The summed E-state index contributed by atoms with van der Waals surface area (Å²) in [6.07, 6.45) is 2.38. The van der Waals surface area contributed by atoms with E-state index in [0.29, 0.717) is 11.3 Å². The molecule has 0 fully saturated rings. The van der Waals surface area contributed by atoms with Crippen molar-refractivity contribution in [3.8, 4) is 0 Å². The van der Waals surface area contributed by atoms with Gasteiger partial charge in [0.1, 0.15) is 0 Å². The molecule has 4 heteroatoms. The molecule has 0 bridgehead atoms. The van der Waals surface area contributed by atoms with Crippen LogP contribution in [-0.4, -0.2) is 22.1 Å². The molecule has 1 N–H and O–H groups in total. The van der Waals surface area contributed by atoms with Crippen LogP contribution in [0.5, 0.6) is 0 Å². The van der Waals surface area contributed by atoms with Crippen molar-refractivity contribution in [2.45, 2.75) is 36.1 Å². The lowest BCUT2D eigenvalue weighted by Crippen LogP contribution is -2.32. The van der Waals surface area contributed by atoms with Gasteiger partial charge in [-0.2, -0.15) is 5.10 Å². The molecular formula is C16H21N3S. The third-order valence-corrected chi connectivity index (χ3v) is 5.44. The van der Waals surface area contributed by atoms with E-state index in [4.69, 9.17) is 0 Å². The Hall–Kier alpha value is -1.26. The van der Waals surface area contributed by atoms with Crippen LogP contribution in [0.15, 0.2) is 35.4 Å². The number of aryl methyl sites for hydroxylation is 3. The summed E-state index contributed by atoms with van der Waals surface area (Å²) in [6, 6.07) is 11.4. The van der Waals surface area contributed by atoms with E-state index in [1.54, 1.807) is 0 Å². The van der Waals surface area contributed by atoms with Gasteiger partial charge in [0.25, 0.3) is 0 Å². The van der Waals surface area contributed by atoms with Gasteiger partial charge in [-0.15, -0.1) is 11.8 Å². The van der Waals surface area contributed by atoms with Crippen LogP contribution in [0.3, 0.4) is 0 Å². The molecule has 1 aromatic carbocycles. The van der Waals surface area contributed by atoms with Crippen LogP contribution in [0, 0.1) is 6.92 Å². The van der Waals surface area contributed by atoms with Crippen molar-refractivity contribution in [3.05, 3.63) is 47.2 Å². The van der Waals surface area contributed by atoms with E-state index in [1.807, 2.05) is 23.5 Å². The van der Waals surface area contributed by atoms with Gasteiger partial charge >= 0.3 is 0 Å². The summed E-state index contributed by atoms with van der Waals surface area (Å²) in [5.74, 6) is 0. The zero-order valence-corrected chi connectivity index (χ0v) is 13.1. The van der Waals surface area contributed by atoms with E-state index >= 15 is 0 Å². The summed E-state index contributed by atoms with van der Waals surface area (Å²) in [5.41, 5.74) is 4.04. The highest BCUT2D eigenvalue weighted by Gasteiger charge is 2.29. The number of benzene rings is 1. The molecule has 1 aromatic heterocycles. The first-order chi connectivity index (χ1) is 9.69. The normalized spacial score (nSPS) is 21.8. The zero-order chi connectivity index (χ0) is 14.1. The Bertz CT molecular complexity index is 606. The van der Waals surface area contributed by atoms with Crippen molar-refractivity contribution in [3.63, 3.8) is 0 Å². The molecule has 3 nitrogen and oxygen atoms in total. The standard InChI is InChI=1S/C16H21N3S/c1-11-10-15(19(3)18-11)20-14-9-8-12-6-4-5-7-13(12)16(14)17-2/h4-7,10,14,16-17H,8-9H2,1-3H3. The van der Waals surface area contributed by atoms with Gasteiger partial charge in [0.05, 0.1) is 10.7 Å². The quantitative estimate of drug-likeness (QED) is 0.941. The van der Waals surface area contributed by atoms with Crippen LogP contribution < -0.4 is 5.32 Å². The Morgan fingerprint density at radius 3 is 2.85 bits per heavy atom. The van der Waals surface area contributed by atoms with Crippen molar-refractivity contribution in [2.24, 2.45) is 7.05 Å².